The number of rotatable bonds is 4. The molecule has 0 radical (unpaired) electrons. The zero-order chi connectivity index (χ0) is 17.4. The Morgan fingerprint density at radius 3 is 2.50 bits per heavy atom. The van der Waals surface area contributed by atoms with E-state index in [-0.39, 0.29) is 5.91 Å². The second-order valence-electron chi connectivity index (χ2n) is 6.08. The topological polar surface area (TPSA) is 77.6 Å². The molecule has 0 spiro atoms. The number of nitrogens with one attached hydrogen (secondary N) is 1. The quantitative estimate of drug-likeness (QED) is 0.790. The lowest BCUT2D eigenvalue weighted by atomic mass is 10.1. The van der Waals surface area contributed by atoms with Gasteiger partial charge in [0.25, 0.3) is 5.91 Å². The van der Waals surface area contributed by atoms with Crippen LogP contribution in [-0.2, 0) is 20.5 Å². The van der Waals surface area contributed by atoms with E-state index in [1.807, 2.05) is 45.6 Å². The second kappa shape index (κ2) is 6.07. The van der Waals surface area contributed by atoms with E-state index in [2.05, 4.69) is 20.5 Å². The van der Waals surface area contributed by atoms with Gasteiger partial charge in [-0.15, -0.1) is 0 Å². The molecule has 126 valence electrons. The van der Waals surface area contributed by atoms with Gasteiger partial charge in [0.2, 0.25) is 0 Å². The van der Waals surface area contributed by atoms with Crippen molar-refractivity contribution in [3.8, 4) is 0 Å². The SMILES string of the molecule is Cc1nn(C)c(C)c1CCNC(=O)c1cnc2c(c1)c(C)nn2C. The Labute approximate surface area is 140 Å². The van der Waals surface area contributed by atoms with E-state index in [9.17, 15) is 4.79 Å². The monoisotopic (exact) mass is 326 g/mol. The van der Waals surface area contributed by atoms with Crippen LogP contribution < -0.4 is 5.32 Å². The summed E-state index contributed by atoms with van der Waals surface area (Å²) >= 11 is 0. The molecule has 7 heteroatoms. The highest BCUT2D eigenvalue weighted by atomic mass is 16.1. The molecule has 1 amide bonds. The minimum atomic E-state index is -0.119. The van der Waals surface area contributed by atoms with Crippen molar-refractivity contribution in [3.05, 3.63) is 40.5 Å². The zero-order valence-corrected chi connectivity index (χ0v) is 14.7. The van der Waals surface area contributed by atoms with Gasteiger partial charge in [0.15, 0.2) is 5.65 Å². The average molecular weight is 326 g/mol. The molecule has 3 heterocycles. The van der Waals surface area contributed by atoms with Gasteiger partial charge in [-0.1, -0.05) is 0 Å². The lowest BCUT2D eigenvalue weighted by Gasteiger charge is -2.06. The third-order valence-electron chi connectivity index (χ3n) is 4.44. The third-order valence-corrected chi connectivity index (χ3v) is 4.44. The molecule has 1 N–H and O–H groups in total. The largest absolute Gasteiger partial charge is 0.352 e. The van der Waals surface area contributed by atoms with Gasteiger partial charge in [-0.25, -0.2) is 4.98 Å². The minimum Gasteiger partial charge on any atom is -0.352 e. The van der Waals surface area contributed by atoms with Crippen molar-refractivity contribution in [2.75, 3.05) is 6.54 Å². The summed E-state index contributed by atoms with van der Waals surface area (Å²) < 4.78 is 3.59. The van der Waals surface area contributed by atoms with Crippen LogP contribution in [0.3, 0.4) is 0 Å². The second-order valence-corrected chi connectivity index (χ2v) is 6.08. The summed E-state index contributed by atoms with van der Waals surface area (Å²) in [7, 11) is 3.78. The molecular formula is C17H22N6O. The molecule has 0 fully saturated rings. The van der Waals surface area contributed by atoms with Crippen LogP contribution in [-0.4, -0.2) is 37.0 Å². The number of aromatic nitrogens is 5. The first-order valence-electron chi connectivity index (χ1n) is 7.95. The van der Waals surface area contributed by atoms with E-state index in [1.165, 1.54) is 5.56 Å². The zero-order valence-electron chi connectivity index (χ0n) is 14.7. The summed E-state index contributed by atoms with van der Waals surface area (Å²) in [5, 5.41) is 12.6. The van der Waals surface area contributed by atoms with Crippen LogP contribution in [0.1, 0.15) is 33.0 Å². The maximum atomic E-state index is 12.4. The van der Waals surface area contributed by atoms with Crippen molar-refractivity contribution in [2.24, 2.45) is 14.1 Å². The molecule has 0 aliphatic rings. The standard InChI is InChI=1S/C17H22N6O/c1-10-14(12(3)22(4)20-10)6-7-18-17(24)13-8-15-11(2)21-23(5)16(15)19-9-13/h8-9H,6-7H2,1-5H3,(H,18,24). The molecule has 0 atom stereocenters. The van der Waals surface area contributed by atoms with Crippen molar-refractivity contribution in [2.45, 2.75) is 27.2 Å². The van der Waals surface area contributed by atoms with Gasteiger partial charge in [0, 0.05) is 37.9 Å². The summed E-state index contributed by atoms with van der Waals surface area (Å²) in [6, 6.07) is 1.85. The fourth-order valence-corrected chi connectivity index (χ4v) is 3.01. The van der Waals surface area contributed by atoms with Gasteiger partial charge in [-0.05, 0) is 38.8 Å². The van der Waals surface area contributed by atoms with E-state index >= 15 is 0 Å². The van der Waals surface area contributed by atoms with Crippen molar-refractivity contribution in [1.29, 1.82) is 0 Å². The van der Waals surface area contributed by atoms with Gasteiger partial charge >= 0.3 is 0 Å². The molecule has 24 heavy (non-hydrogen) atoms. The van der Waals surface area contributed by atoms with Gasteiger partial charge in [0.1, 0.15) is 0 Å². The van der Waals surface area contributed by atoms with Gasteiger partial charge in [0.05, 0.1) is 17.0 Å². The lowest BCUT2D eigenvalue weighted by Crippen LogP contribution is -2.26. The fraction of sp³-hybridized carbons (Fsp3) is 0.412. The van der Waals surface area contributed by atoms with E-state index in [1.54, 1.807) is 10.9 Å². The number of carbonyl (C=O) groups is 1. The highest BCUT2D eigenvalue weighted by molar-refractivity contribution is 5.97. The highest BCUT2D eigenvalue weighted by Crippen LogP contribution is 2.16. The molecule has 0 saturated carbocycles. The molecule has 3 rings (SSSR count). The maximum Gasteiger partial charge on any atom is 0.252 e. The van der Waals surface area contributed by atoms with Crippen LogP contribution in [0.2, 0.25) is 0 Å². The summed E-state index contributed by atoms with van der Waals surface area (Å²) in [6.07, 6.45) is 2.36. The van der Waals surface area contributed by atoms with Crippen LogP contribution in [0.4, 0.5) is 0 Å². The molecule has 0 aromatic carbocycles. The Hall–Kier alpha value is -2.70. The third kappa shape index (κ3) is 2.77. The van der Waals surface area contributed by atoms with Crippen LogP contribution in [0, 0.1) is 20.8 Å². The van der Waals surface area contributed by atoms with Crippen LogP contribution in [0.5, 0.6) is 0 Å². The number of nitrogens with zero attached hydrogens (tertiary/aromatic N) is 5. The summed E-state index contributed by atoms with van der Waals surface area (Å²) in [4.78, 5) is 16.7. The Morgan fingerprint density at radius 1 is 1.12 bits per heavy atom. The van der Waals surface area contributed by atoms with Crippen molar-refractivity contribution < 1.29 is 4.79 Å². The van der Waals surface area contributed by atoms with Gasteiger partial charge in [-0.3, -0.25) is 14.2 Å². The number of fused-ring (bicyclic) bond motifs is 1. The van der Waals surface area contributed by atoms with E-state index in [4.69, 9.17) is 0 Å². The molecule has 0 saturated heterocycles. The summed E-state index contributed by atoms with van der Waals surface area (Å²) in [5.74, 6) is -0.119. The van der Waals surface area contributed by atoms with Gasteiger partial charge in [-0.2, -0.15) is 10.2 Å². The number of hydrogen-bond donors (Lipinski definition) is 1. The van der Waals surface area contributed by atoms with Crippen molar-refractivity contribution in [1.82, 2.24) is 29.9 Å². The number of carbonyl (C=O) groups excluding carboxylic acids is 1. The predicted octanol–water partition coefficient (Wildman–Crippen LogP) is 1.60. The fourth-order valence-electron chi connectivity index (χ4n) is 3.01. The average Bonchev–Trinajstić information content (AvgIpc) is 2.97. The Bertz CT molecular complexity index is 921. The molecule has 0 aliphatic heterocycles. The molecule has 3 aromatic rings. The van der Waals surface area contributed by atoms with Crippen molar-refractivity contribution >= 4 is 16.9 Å². The smallest absolute Gasteiger partial charge is 0.252 e. The number of hydrogen-bond acceptors (Lipinski definition) is 4. The van der Waals surface area contributed by atoms with Gasteiger partial charge < -0.3 is 5.32 Å². The summed E-state index contributed by atoms with van der Waals surface area (Å²) in [5.41, 5.74) is 5.55. The first kappa shape index (κ1) is 16.2. The van der Waals surface area contributed by atoms with Crippen LogP contribution >= 0.6 is 0 Å². The van der Waals surface area contributed by atoms with E-state index < -0.39 is 0 Å². The molecule has 7 nitrogen and oxygen atoms in total. The van der Waals surface area contributed by atoms with Crippen LogP contribution in [0.15, 0.2) is 12.3 Å². The molecule has 0 aliphatic carbocycles. The van der Waals surface area contributed by atoms with Crippen molar-refractivity contribution in [3.63, 3.8) is 0 Å². The highest BCUT2D eigenvalue weighted by Gasteiger charge is 2.13. The molecular weight excluding hydrogens is 304 g/mol. The Morgan fingerprint density at radius 2 is 1.83 bits per heavy atom. The van der Waals surface area contributed by atoms with E-state index in [0.717, 1.165) is 34.5 Å². The lowest BCUT2D eigenvalue weighted by molar-refractivity contribution is 0.0954. The molecule has 3 aromatic heterocycles. The van der Waals surface area contributed by atoms with Crippen LogP contribution in [0.25, 0.3) is 11.0 Å². The Kier molecular flexibility index (Phi) is 4.09. The maximum absolute atomic E-state index is 12.4. The number of amides is 1. The molecule has 0 bridgehead atoms. The number of pyridine rings is 1. The predicted molar refractivity (Wildman–Crippen MR) is 92.0 cm³/mol. The number of aryl methyl sites for hydroxylation is 4. The first-order chi connectivity index (χ1) is 11.4. The molecule has 0 unspecified atom stereocenters. The Balaban J connectivity index is 1.70. The van der Waals surface area contributed by atoms with E-state index in [0.29, 0.717) is 12.1 Å². The normalized spacial score (nSPS) is 11.2. The minimum absolute atomic E-state index is 0.119. The summed E-state index contributed by atoms with van der Waals surface area (Å²) in [6.45, 7) is 6.52. The first-order valence-corrected chi connectivity index (χ1v) is 7.95.